The molecule has 0 aromatic heterocycles. The van der Waals surface area contributed by atoms with Crippen LogP contribution in [-0.2, 0) is 20.7 Å². The van der Waals surface area contributed by atoms with Crippen molar-refractivity contribution in [2.24, 2.45) is 0 Å². The molecule has 1 spiro atoms. The topological polar surface area (TPSA) is 58.6 Å². The van der Waals surface area contributed by atoms with Crippen LogP contribution in [0.25, 0.3) is 0 Å². The van der Waals surface area contributed by atoms with Crippen LogP contribution in [0.3, 0.4) is 0 Å². The maximum Gasteiger partial charge on any atom is 0.243 e. The second-order valence-electron chi connectivity index (χ2n) is 8.34. The average Bonchev–Trinajstić information content (AvgIpc) is 3.33. The Morgan fingerprint density at radius 1 is 1.11 bits per heavy atom. The van der Waals surface area contributed by atoms with Crippen molar-refractivity contribution in [1.82, 2.24) is 10.2 Å². The van der Waals surface area contributed by atoms with Crippen LogP contribution in [0.2, 0.25) is 0 Å². The molecule has 1 aromatic rings. The predicted octanol–water partition coefficient (Wildman–Crippen LogP) is 2.83. The fraction of sp³-hybridized carbons (Fsp3) is 0.636. The van der Waals surface area contributed by atoms with Gasteiger partial charge in [-0.3, -0.25) is 9.59 Å². The average molecular weight is 370 g/mol. The molecule has 4 rings (SSSR count). The highest BCUT2D eigenvalue weighted by Gasteiger charge is 2.41. The SMILES string of the molecule is O=C(NC1CCOC2(CCCC2)C1)C1CCCN1C(=O)Cc1ccccc1. The van der Waals surface area contributed by atoms with Crippen molar-refractivity contribution in [2.75, 3.05) is 13.2 Å². The highest BCUT2D eigenvalue weighted by Crippen LogP contribution is 2.40. The summed E-state index contributed by atoms with van der Waals surface area (Å²) in [5.41, 5.74) is 0.996. The van der Waals surface area contributed by atoms with Gasteiger partial charge in [0.2, 0.25) is 11.8 Å². The van der Waals surface area contributed by atoms with Crippen molar-refractivity contribution in [3.8, 4) is 0 Å². The number of hydrogen-bond donors (Lipinski definition) is 1. The zero-order chi connectivity index (χ0) is 18.7. The lowest BCUT2D eigenvalue weighted by molar-refractivity contribution is -0.139. The Hall–Kier alpha value is -1.88. The van der Waals surface area contributed by atoms with Crippen molar-refractivity contribution in [3.05, 3.63) is 35.9 Å². The minimum Gasteiger partial charge on any atom is -0.375 e. The molecule has 2 aliphatic heterocycles. The van der Waals surface area contributed by atoms with E-state index in [2.05, 4.69) is 5.32 Å². The number of carbonyl (C=O) groups excluding carboxylic acids is 2. The molecule has 0 radical (unpaired) electrons. The summed E-state index contributed by atoms with van der Waals surface area (Å²) in [5, 5.41) is 3.25. The van der Waals surface area contributed by atoms with E-state index in [1.807, 2.05) is 30.3 Å². The Labute approximate surface area is 161 Å². The molecule has 2 unspecified atom stereocenters. The van der Waals surface area contributed by atoms with Gasteiger partial charge in [-0.1, -0.05) is 43.2 Å². The summed E-state index contributed by atoms with van der Waals surface area (Å²) in [6, 6.07) is 9.63. The minimum atomic E-state index is -0.316. The first-order valence-corrected chi connectivity index (χ1v) is 10.4. The van der Waals surface area contributed by atoms with E-state index in [0.29, 0.717) is 13.0 Å². The number of likely N-dealkylation sites (tertiary alicyclic amines) is 1. The van der Waals surface area contributed by atoms with Crippen LogP contribution in [0, 0.1) is 0 Å². The van der Waals surface area contributed by atoms with Crippen molar-refractivity contribution in [1.29, 1.82) is 0 Å². The van der Waals surface area contributed by atoms with Gasteiger partial charge in [0, 0.05) is 19.2 Å². The molecular formula is C22H30N2O3. The quantitative estimate of drug-likeness (QED) is 0.887. The summed E-state index contributed by atoms with van der Waals surface area (Å²) in [7, 11) is 0. The number of hydrogen-bond acceptors (Lipinski definition) is 3. The van der Waals surface area contributed by atoms with Gasteiger partial charge in [-0.05, 0) is 44.1 Å². The standard InChI is InChI=1S/C22H30N2O3/c25-20(15-17-7-2-1-3-8-17)24-13-6-9-19(24)21(26)23-18-10-14-27-22(16-18)11-4-5-12-22/h1-3,7-8,18-19H,4-6,9-16H2,(H,23,26). The van der Waals surface area contributed by atoms with Crippen LogP contribution in [0.15, 0.2) is 30.3 Å². The summed E-state index contributed by atoms with van der Waals surface area (Å²) in [5.74, 6) is 0.0760. The monoisotopic (exact) mass is 370 g/mol. The molecule has 0 bridgehead atoms. The Bertz CT molecular complexity index is 669. The highest BCUT2D eigenvalue weighted by atomic mass is 16.5. The molecular weight excluding hydrogens is 340 g/mol. The van der Waals surface area contributed by atoms with Crippen LogP contribution in [0.1, 0.15) is 56.9 Å². The second-order valence-corrected chi connectivity index (χ2v) is 8.34. The van der Waals surface area contributed by atoms with Crippen LogP contribution < -0.4 is 5.32 Å². The Balaban J connectivity index is 1.35. The van der Waals surface area contributed by atoms with Gasteiger partial charge in [-0.2, -0.15) is 0 Å². The van der Waals surface area contributed by atoms with E-state index >= 15 is 0 Å². The number of benzene rings is 1. The van der Waals surface area contributed by atoms with E-state index in [9.17, 15) is 9.59 Å². The van der Waals surface area contributed by atoms with Crippen molar-refractivity contribution < 1.29 is 14.3 Å². The molecule has 2 heterocycles. The summed E-state index contributed by atoms with van der Waals surface area (Å²) >= 11 is 0. The lowest BCUT2D eigenvalue weighted by Crippen LogP contribution is -2.53. The first-order chi connectivity index (χ1) is 13.2. The molecule has 1 aliphatic carbocycles. The molecule has 3 aliphatic rings. The van der Waals surface area contributed by atoms with Gasteiger partial charge in [-0.25, -0.2) is 0 Å². The van der Waals surface area contributed by atoms with Gasteiger partial charge in [0.15, 0.2) is 0 Å². The molecule has 27 heavy (non-hydrogen) atoms. The summed E-state index contributed by atoms with van der Waals surface area (Å²) < 4.78 is 6.07. The molecule has 2 amide bonds. The van der Waals surface area contributed by atoms with Gasteiger partial charge >= 0.3 is 0 Å². The van der Waals surface area contributed by atoms with Gasteiger partial charge in [0.25, 0.3) is 0 Å². The number of carbonyl (C=O) groups is 2. The van der Waals surface area contributed by atoms with Crippen molar-refractivity contribution in [2.45, 2.75) is 75.5 Å². The van der Waals surface area contributed by atoms with Crippen LogP contribution in [0.4, 0.5) is 0 Å². The molecule has 2 saturated heterocycles. The molecule has 146 valence electrons. The van der Waals surface area contributed by atoms with E-state index in [-0.39, 0.29) is 29.5 Å². The van der Waals surface area contributed by atoms with Gasteiger partial charge in [-0.15, -0.1) is 0 Å². The van der Waals surface area contributed by atoms with Gasteiger partial charge in [0.05, 0.1) is 12.0 Å². The van der Waals surface area contributed by atoms with Crippen molar-refractivity contribution in [3.63, 3.8) is 0 Å². The van der Waals surface area contributed by atoms with Gasteiger partial charge < -0.3 is 15.0 Å². The third-order valence-electron chi connectivity index (χ3n) is 6.43. The van der Waals surface area contributed by atoms with E-state index in [1.54, 1.807) is 4.90 Å². The fourth-order valence-electron chi connectivity index (χ4n) is 5.03. The van der Waals surface area contributed by atoms with E-state index < -0.39 is 0 Å². The molecule has 1 N–H and O–H groups in total. The smallest absolute Gasteiger partial charge is 0.243 e. The number of nitrogens with one attached hydrogen (secondary N) is 1. The number of rotatable bonds is 4. The number of amides is 2. The normalized spacial score (nSPS) is 27.0. The van der Waals surface area contributed by atoms with Crippen LogP contribution in [0.5, 0.6) is 0 Å². The lowest BCUT2D eigenvalue weighted by Gasteiger charge is -2.39. The summed E-state index contributed by atoms with van der Waals surface area (Å²) in [4.78, 5) is 27.5. The summed E-state index contributed by atoms with van der Waals surface area (Å²) in [6.45, 7) is 1.41. The van der Waals surface area contributed by atoms with Crippen LogP contribution >= 0.6 is 0 Å². The Kier molecular flexibility index (Phi) is 5.48. The molecule has 3 fully saturated rings. The van der Waals surface area contributed by atoms with Crippen molar-refractivity contribution >= 4 is 11.8 Å². The maximum absolute atomic E-state index is 12.9. The molecule has 1 aromatic carbocycles. The first-order valence-electron chi connectivity index (χ1n) is 10.4. The summed E-state index contributed by atoms with van der Waals surface area (Å²) in [6.07, 6.45) is 8.51. The molecule has 1 saturated carbocycles. The van der Waals surface area contributed by atoms with Crippen LogP contribution in [-0.4, -0.2) is 47.6 Å². The molecule has 5 nitrogen and oxygen atoms in total. The predicted molar refractivity (Wildman–Crippen MR) is 103 cm³/mol. The van der Waals surface area contributed by atoms with E-state index in [1.165, 1.54) is 12.8 Å². The fourth-order valence-corrected chi connectivity index (χ4v) is 5.03. The lowest BCUT2D eigenvalue weighted by atomic mass is 9.89. The Morgan fingerprint density at radius 2 is 1.89 bits per heavy atom. The number of ether oxygens (including phenoxy) is 1. The largest absolute Gasteiger partial charge is 0.375 e. The van der Waals surface area contributed by atoms with E-state index in [0.717, 1.165) is 50.7 Å². The highest BCUT2D eigenvalue weighted by molar-refractivity contribution is 5.89. The number of nitrogens with zero attached hydrogens (tertiary/aromatic N) is 1. The second kappa shape index (κ2) is 8.01. The zero-order valence-electron chi connectivity index (χ0n) is 16.0. The van der Waals surface area contributed by atoms with Gasteiger partial charge in [0.1, 0.15) is 6.04 Å². The maximum atomic E-state index is 12.9. The third-order valence-corrected chi connectivity index (χ3v) is 6.43. The zero-order valence-corrected chi connectivity index (χ0v) is 16.0. The Morgan fingerprint density at radius 3 is 2.67 bits per heavy atom. The van der Waals surface area contributed by atoms with E-state index in [4.69, 9.17) is 4.74 Å². The minimum absolute atomic E-state index is 0.00527. The molecule has 2 atom stereocenters. The molecule has 5 heteroatoms. The first kappa shape index (κ1) is 18.5. The third kappa shape index (κ3) is 4.18.